The van der Waals surface area contributed by atoms with E-state index in [4.69, 9.17) is 9.84 Å². The fourth-order valence-corrected chi connectivity index (χ4v) is 5.59. The summed E-state index contributed by atoms with van der Waals surface area (Å²) in [4.78, 5) is 31.3. The second-order valence-corrected chi connectivity index (χ2v) is 12.3. The topological polar surface area (TPSA) is 140 Å². The maximum atomic E-state index is 13.1. The van der Waals surface area contributed by atoms with E-state index in [2.05, 4.69) is 49.7 Å². The van der Waals surface area contributed by atoms with Gasteiger partial charge in [0.25, 0.3) is 0 Å². The number of likely N-dealkylation sites (N-methyl/N-ethyl adjacent to an activating group) is 1. The van der Waals surface area contributed by atoms with Crippen LogP contribution in [0.25, 0.3) is 11.1 Å². The van der Waals surface area contributed by atoms with Crippen LogP contribution in [0.1, 0.15) is 47.7 Å². The number of unbranched alkanes of at least 4 members (excludes halogenated alkanes) is 2. The number of ether oxygens (including phenoxy) is 1. The van der Waals surface area contributed by atoms with Crippen LogP contribution in [-0.4, -0.2) is 81.0 Å². The molecule has 47 heavy (non-hydrogen) atoms. The Labute approximate surface area is 289 Å². The third-order valence-electron chi connectivity index (χ3n) is 7.45. The Hall–Kier alpha value is -4.43. The molecule has 2 heterocycles. The molecule has 0 unspecified atom stereocenters. The molecular weight excluding hydrogens is 711 g/mol. The van der Waals surface area contributed by atoms with Gasteiger partial charge in [-0.15, -0.1) is 0 Å². The average Bonchev–Trinajstić information content (AvgIpc) is 3.05. The minimum atomic E-state index is -1.04. The van der Waals surface area contributed by atoms with E-state index in [1.165, 1.54) is 6.20 Å². The number of carbonyl (C=O) groups excluding carboxylic acids is 1. The van der Waals surface area contributed by atoms with Gasteiger partial charge in [0.2, 0.25) is 0 Å². The Morgan fingerprint density at radius 1 is 1.04 bits per heavy atom. The number of carboxylic acids is 1. The van der Waals surface area contributed by atoms with Crippen LogP contribution in [0.5, 0.6) is 11.5 Å². The first-order valence-corrected chi connectivity index (χ1v) is 17.0. The molecule has 0 spiro atoms. The summed E-state index contributed by atoms with van der Waals surface area (Å²) >= 11 is 2.23. The van der Waals surface area contributed by atoms with Crippen LogP contribution >= 0.6 is 22.6 Å². The minimum absolute atomic E-state index is 0.117. The van der Waals surface area contributed by atoms with Crippen molar-refractivity contribution in [3.05, 3.63) is 95.6 Å². The number of aromatic nitrogens is 1. The minimum Gasteiger partial charge on any atom is -0.504 e. The lowest BCUT2D eigenvalue weighted by molar-refractivity contribution is 0.0696. The third kappa shape index (κ3) is 9.78. The van der Waals surface area contributed by atoms with Crippen LogP contribution in [0.4, 0.5) is 10.5 Å². The highest BCUT2D eigenvalue weighted by Gasteiger charge is 2.21. The van der Waals surface area contributed by atoms with Gasteiger partial charge in [0, 0.05) is 22.7 Å². The second-order valence-electron chi connectivity index (χ2n) is 11.3. The number of rotatable bonds is 15. The lowest BCUT2D eigenvalue weighted by atomic mass is 9.98. The zero-order valence-corrected chi connectivity index (χ0v) is 29.1. The molecular formula is C35H41IN6O5. The van der Waals surface area contributed by atoms with Crippen LogP contribution in [0, 0.1) is 0 Å². The summed E-state index contributed by atoms with van der Waals surface area (Å²) in [5.74, 6) is -0.652. The zero-order chi connectivity index (χ0) is 33.9. The van der Waals surface area contributed by atoms with Crippen LogP contribution < -0.4 is 15.4 Å². The van der Waals surface area contributed by atoms with E-state index >= 15 is 0 Å². The van der Waals surface area contributed by atoms with Crippen molar-refractivity contribution in [2.45, 2.75) is 32.6 Å². The number of pyridine rings is 1. The van der Waals surface area contributed by atoms with Gasteiger partial charge in [0.1, 0.15) is 5.75 Å². The number of aromatic hydroxyl groups is 1. The van der Waals surface area contributed by atoms with Gasteiger partial charge in [-0.05, 0) is 100 Å². The van der Waals surface area contributed by atoms with Crippen molar-refractivity contribution in [2.24, 2.45) is 5.10 Å². The maximum Gasteiger partial charge on any atom is 0.335 e. The molecule has 0 saturated heterocycles. The summed E-state index contributed by atoms with van der Waals surface area (Å²) in [6.07, 6.45) is 8.24. The van der Waals surface area contributed by atoms with E-state index < -0.39 is 12.0 Å². The summed E-state index contributed by atoms with van der Waals surface area (Å²) < 4.78 is 6.77. The first-order chi connectivity index (χ1) is 22.6. The third-order valence-corrected chi connectivity index (χ3v) is 7.99. The monoisotopic (exact) mass is 752 g/mol. The predicted octanol–water partition coefficient (Wildman–Crippen LogP) is 6.50. The Balaban J connectivity index is 1.56. The van der Waals surface area contributed by atoms with Crippen LogP contribution in [0.3, 0.4) is 0 Å². The average molecular weight is 753 g/mol. The van der Waals surface area contributed by atoms with Crippen molar-refractivity contribution in [2.75, 3.05) is 43.5 Å². The second kappa shape index (κ2) is 16.9. The summed E-state index contributed by atoms with van der Waals surface area (Å²) in [7, 11) is 4.10. The van der Waals surface area contributed by atoms with E-state index in [1.54, 1.807) is 29.4 Å². The number of allylic oxidation sites excluding steroid dienone is 1. The fraction of sp³-hybridized carbons (Fsp3) is 0.314. The molecule has 2 aromatic carbocycles. The molecule has 11 nitrogen and oxygen atoms in total. The largest absolute Gasteiger partial charge is 0.504 e. The maximum absolute atomic E-state index is 13.1. The highest BCUT2D eigenvalue weighted by atomic mass is 127. The Morgan fingerprint density at radius 3 is 2.55 bits per heavy atom. The number of nitrogens with one attached hydrogen (secondary N) is 2. The van der Waals surface area contributed by atoms with Crippen LogP contribution in [0.15, 0.2) is 84.0 Å². The van der Waals surface area contributed by atoms with E-state index in [1.807, 2.05) is 51.4 Å². The first-order valence-electron chi connectivity index (χ1n) is 15.4. The van der Waals surface area contributed by atoms with Gasteiger partial charge < -0.3 is 30.5 Å². The van der Waals surface area contributed by atoms with E-state index in [0.29, 0.717) is 53.7 Å². The molecule has 1 aromatic heterocycles. The van der Waals surface area contributed by atoms with Gasteiger partial charge in [-0.2, -0.15) is 5.10 Å². The molecule has 1 aliphatic heterocycles. The molecule has 0 bridgehead atoms. The predicted molar refractivity (Wildman–Crippen MR) is 194 cm³/mol. The molecule has 4 rings (SSSR count). The number of aryl methyl sites for hydroxylation is 1. The van der Waals surface area contributed by atoms with Crippen molar-refractivity contribution in [1.82, 2.24) is 20.2 Å². The fourth-order valence-electron chi connectivity index (χ4n) is 5.01. The van der Waals surface area contributed by atoms with Gasteiger partial charge in [-0.3, -0.25) is 9.99 Å². The standard InChI is InChI=1S/C35H41IN6O5/c1-5-42-23(2)30(38-35(46)39-33-26(12-13-36)21-37-22-32(33)43)20-31(40-42)25-11-9-10-24(16-25)27-17-28(34(44)45)19-29(18-27)47-15-8-6-7-14-41(3)4/h9-11,16-22,43H,2,5-8,12-15H2,1,3-4H3,(H,44,45)(H2,37,38,39,46). The molecule has 0 fully saturated rings. The SMILES string of the molecule is C=C1C(NC(=O)Nc2c(O)cncc2CCI)=CC(c2cccc(-c3cc(OCCCCCN(C)C)cc(C(=O)O)c3)c2)=NN1CC. The molecule has 0 aliphatic carbocycles. The summed E-state index contributed by atoms with van der Waals surface area (Å²) in [5, 5.41) is 32.2. The number of nitrogens with zero attached hydrogens (tertiary/aromatic N) is 4. The molecule has 1 aliphatic rings. The lowest BCUT2D eigenvalue weighted by Gasteiger charge is -2.27. The quantitative estimate of drug-likeness (QED) is 0.0785. The number of benzene rings is 2. The van der Waals surface area contributed by atoms with Gasteiger partial charge >= 0.3 is 12.0 Å². The van der Waals surface area contributed by atoms with Crippen molar-refractivity contribution in [3.63, 3.8) is 0 Å². The van der Waals surface area contributed by atoms with E-state index in [-0.39, 0.29) is 11.3 Å². The van der Waals surface area contributed by atoms with Gasteiger partial charge in [-0.25, -0.2) is 9.59 Å². The number of hydrazone groups is 1. The molecule has 0 radical (unpaired) electrons. The summed E-state index contributed by atoms with van der Waals surface area (Å²) in [5.41, 5.74) is 4.94. The van der Waals surface area contributed by atoms with E-state index in [0.717, 1.165) is 46.9 Å². The van der Waals surface area contributed by atoms with Crippen LogP contribution in [0.2, 0.25) is 0 Å². The highest BCUT2D eigenvalue weighted by molar-refractivity contribution is 14.1. The molecule has 4 N–H and O–H groups in total. The number of hydrogen-bond acceptors (Lipinski definition) is 8. The molecule has 248 valence electrons. The van der Waals surface area contributed by atoms with Gasteiger partial charge in [0.05, 0.1) is 41.2 Å². The number of amides is 2. The van der Waals surface area contributed by atoms with Crippen LogP contribution in [-0.2, 0) is 6.42 Å². The molecule has 12 heteroatoms. The van der Waals surface area contributed by atoms with Crippen molar-refractivity contribution < 1.29 is 24.5 Å². The van der Waals surface area contributed by atoms with Gasteiger partial charge in [-0.1, -0.05) is 47.4 Å². The number of carbonyl (C=O) groups is 2. The number of alkyl halides is 1. The smallest absolute Gasteiger partial charge is 0.335 e. The van der Waals surface area contributed by atoms with E-state index in [9.17, 15) is 19.8 Å². The Bertz CT molecular complexity index is 1670. The number of urea groups is 1. The molecule has 0 saturated carbocycles. The lowest BCUT2D eigenvalue weighted by Crippen LogP contribution is -2.35. The number of halogens is 1. The Kier molecular flexibility index (Phi) is 12.8. The molecule has 0 atom stereocenters. The van der Waals surface area contributed by atoms with Gasteiger partial charge in [0.15, 0.2) is 5.75 Å². The molecule has 2 amide bonds. The first kappa shape index (κ1) is 35.4. The number of anilines is 1. The Morgan fingerprint density at radius 2 is 1.83 bits per heavy atom. The highest BCUT2D eigenvalue weighted by Crippen LogP contribution is 2.30. The number of hydrogen-bond donors (Lipinski definition) is 4. The number of carboxylic acid groups (broad SMARTS) is 1. The van der Waals surface area contributed by atoms with Crippen molar-refractivity contribution in [3.8, 4) is 22.6 Å². The van der Waals surface area contributed by atoms with Crippen molar-refractivity contribution in [1.29, 1.82) is 0 Å². The molecule has 3 aromatic rings. The number of aromatic carboxylic acids is 1. The summed E-state index contributed by atoms with van der Waals surface area (Å²) in [6, 6.07) is 12.1. The summed E-state index contributed by atoms with van der Waals surface area (Å²) in [6.45, 7) is 8.07. The zero-order valence-electron chi connectivity index (χ0n) is 26.9. The van der Waals surface area contributed by atoms with Crippen molar-refractivity contribution >= 4 is 46.0 Å². The normalized spacial score (nSPS) is 12.9.